The van der Waals surface area contributed by atoms with Crippen LogP contribution in [-0.4, -0.2) is 15.1 Å². The number of hydrogen-bond acceptors (Lipinski definition) is 6. The molecule has 0 N–H and O–H groups in total. The largest absolute Gasteiger partial charge is 0.338 e. The van der Waals surface area contributed by atoms with Crippen LogP contribution in [0.15, 0.2) is 51.9 Å². The SMILES string of the molecule is O=[N+]([O-])c1ccc(-c2noc(CSc3ccc4c(c3)CCC4)n2)cc1. The highest BCUT2D eigenvalue weighted by atomic mass is 32.2. The van der Waals surface area contributed by atoms with E-state index in [4.69, 9.17) is 4.52 Å². The van der Waals surface area contributed by atoms with Gasteiger partial charge in [0.1, 0.15) is 0 Å². The minimum atomic E-state index is -0.432. The lowest BCUT2D eigenvalue weighted by atomic mass is 10.1. The van der Waals surface area contributed by atoms with E-state index in [1.54, 1.807) is 23.9 Å². The van der Waals surface area contributed by atoms with Crippen LogP contribution in [0.4, 0.5) is 5.69 Å². The van der Waals surface area contributed by atoms with Gasteiger partial charge in [0.25, 0.3) is 5.69 Å². The van der Waals surface area contributed by atoms with E-state index in [9.17, 15) is 10.1 Å². The fourth-order valence-electron chi connectivity index (χ4n) is 2.95. The number of rotatable bonds is 5. The van der Waals surface area contributed by atoms with E-state index in [1.165, 1.54) is 41.0 Å². The van der Waals surface area contributed by atoms with Crippen LogP contribution in [-0.2, 0) is 18.6 Å². The maximum atomic E-state index is 10.7. The van der Waals surface area contributed by atoms with Crippen LogP contribution in [0.25, 0.3) is 11.4 Å². The van der Waals surface area contributed by atoms with Crippen LogP contribution in [0.3, 0.4) is 0 Å². The summed E-state index contributed by atoms with van der Waals surface area (Å²) < 4.78 is 5.30. The second-order valence-electron chi connectivity index (χ2n) is 5.89. The summed E-state index contributed by atoms with van der Waals surface area (Å²) in [6, 6.07) is 12.7. The molecule has 7 heteroatoms. The fourth-order valence-corrected chi connectivity index (χ4v) is 3.74. The summed E-state index contributed by atoms with van der Waals surface area (Å²) >= 11 is 1.67. The summed E-state index contributed by atoms with van der Waals surface area (Å²) in [5.74, 6) is 1.58. The number of nitrogens with zero attached hydrogens (tertiary/aromatic N) is 3. The molecule has 0 bridgehead atoms. The Labute approximate surface area is 148 Å². The fraction of sp³-hybridized carbons (Fsp3) is 0.222. The number of fused-ring (bicyclic) bond motifs is 1. The molecule has 25 heavy (non-hydrogen) atoms. The third-order valence-electron chi connectivity index (χ3n) is 4.24. The van der Waals surface area contributed by atoms with E-state index in [2.05, 4.69) is 28.3 Å². The van der Waals surface area contributed by atoms with Crippen molar-refractivity contribution >= 4 is 17.4 Å². The summed E-state index contributed by atoms with van der Waals surface area (Å²) in [5.41, 5.74) is 3.65. The molecule has 0 saturated carbocycles. The lowest BCUT2D eigenvalue weighted by Gasteiger charge is -2.02. The van der Waals surface area contributed by atoms with Crippen LogP contribution < -0.4 is 0 Å². The third-order valence-corrected chi connectivity index (χ3v) is 5.22. The van der Waals surface area contributed by atoms with Gasteiger partial charge in [0, 0.05) is 22.6 Å². The normalized spacial score (nSPS) is 13.0. The quantitative estimate of drug-likeness (QED) is 0.383. The molecule has 1 aliphatic carbocycles. The molecule has 126 valence electrons. The smallest absolute Gasteiger partial charge is 0.269 e. The minimum Gasteiger partial charge on any atom is -0.338 e. The highest BCUT2D eigenvalue weighted by Gasteiger charge is 2.13. The molecule has 1 heterocycles. The highest BCUT2D eigenvalue weighted by molar-refractivity contribution is 7.98. The first-order valence-electron chi connectivity index (χ1n) is 8.01. The Balaban J connectivity index is 1.43. The zero-order chi connectivity index (χ0) is 17.2. The van der Waals surface area contributed by atoms with Gasteiger partial charge < -0.3 is 4.52 Å². The Bertz CT molecular complexity index is 922. The zero-order valence-corrected chi connectivity index (χ0v) is 14.2. The van der Waals surface area contributed by atoms with E-state index in [1.807, 2.05) is 0 Å². The lowest BCUT2D eigenvalue weighted by molar-refractivity contribution is -0.384. The summed E-state index contributed by atoms with van der Waals surface area (Å²) in [7, 11) is 0. The molecule has 0 radical (unpaired) electrons. The van der Waals surface area contributed by atoms with Crippen molar-refractivity contribution in [3.05, 3.63) is 69.6 Å². The topological polar surface area (TPSA) is 82.1 Å². The summed E-state index contributed by atoms with van der Waals surface area (Å²) in [6.45, 7) is 0. The Morgan fingerprint density at radius 3 is 2.72 bits per heavy atom. The molecular weight excluding hydrogens is 338 g/mol. The van der Waals surface area contributed by atoms with Crippen molar-refractivity contribution in [3.8, 4) is 11.4 Å². The van der Waals surface area contributed by atoms with Gasteiger partial charge in [-0.2, -0.15) is 4.98 Å². The second kappa shape index (κ2) is 6.68. The number of aryl methyl sites for hydroxylation is 2. The van der Waals surface area contributed by atoms with Gasteiger partial charge in [-0.1, -0.05) is 11.2 Å². The maximum absolute atomic E-state index is 10.7. The number of hydrogen-bond donors (Lipinski definition) is 0. The number of nitro groups is 1. The average Bonchev–Trinajstić information content (AvgIpc) is 3.29. The predicted octanol–water partition coefficient (Wildman–Crippen LogP) is 4.43. The first-order chi connectivity index (χ1) is 12.2. The van der Waals surface area contributed by atoms with Gasteiger partial charge in [-0.15, -0.1) is 11.8 Å². The number of non-ortho nitro benzene ring substituents is 1. The second-order valence-corrected chi connectivity index (χ2v) is 6.94. The molecule has 0 aliphatic heterocycles. The molecule has 0 saturated heterocycles. The van der Waals surface area contributed by atoms with Gasteiger partial charge in [-0.3, -0.25) is 10.1 Å². The number of thioether (sulfide) groups is 1. The van der Waals surface area contributed by atoms with E-state index < -0.39 is 4.92 Å². The molecule has 0 atom stereocenters. The standard InChI is InChI=1S/C18H15N3O3S/c22-21(23)15-7-4-13(5-8-15)18-19-17(24-20-18)11-25-16-9-6-12-2-1-3-14(12)10-16/h4-10H,1-3,11H2. The number of aromatic nitrogens is 2. The monoisotopic (exact) mass is 353 g/mol. The molecule has 4 rings (SSSR count). The Morgan fingerprint density at radius 1 is 1.12 bits per heavy atom. The van der Waals surface area contributed by atoms with Crippen LogP contribution in [0, 0.1) is 10.1 Å². The van der Waals surface area contributed by atoms with Crippen molar-refractivity contribution in [3.63, 3.8) is 0 Å². The molecule has 0 spiro atoms. The summed E-state index contributed by atoms with van der Waals surface area (Å²) in [4.78, 5) is 15.8. The Hall–Kier alpha value is -2.67. The molecule has 0 unspecified atom stereocenters. The van der Waals surface area contributed by atoms with Crippen molar-refractivity contribution in [2.75, 3.05) is 0 Å². The van der Waals surface area contributed by atoms with Crippen molar-refractivity contribution in [2.24, 2.45) is 0 Å². The summed E-state index contributed by atoms with van der Waals surface area (Å²) in [5, 5.41) is 14.7. The highest BCUT2D eigenvalue weighted by Crippen LogP contribution is 2.29. The van der Waals surface area contributed by atoms with Crippen LogP contribution in [0.2, 0.25) is 0 Å². The predicted molar refractivity (Wildman–Crippen MR) is 94.4 cm³/mol. The maximum Gasteiger partial charge on any atom is 0.269 e. The first kappa shape index (κ1) is 15.8. The molecule has 3 aromatic rings. The molecule has 1 aliphatic rings. The van der Waals surface area contributed by atoms with Gasteiger partial charge in [-0.25, -0.2) is 0 Å². The van der Waals surface area contributed by atoms with E-state index in [-0.39, 0.29) is 5.69 Å². The molecule has 0 amide bonds. The van der Waals surface area contributed by atoms with E-state index in [0.29, 0.717) is 23.0 Å². The minimum absolute atomic E-state index is 0.0413. The van der Waals surface area contributed by atoms with Gasteiger partial charge in [-0.05, 0) is 54.7 Å². The van der Waals surface area contributed by atoms with Crippen molar-refractivity contribution in [2.45, 2.75) is 29.9 Å². The van der Waals surface area contributed by atoms with Crippen molar-refractivity contribution in [1.82, 2.24) is 10.1 Å². The van der Waals surface area contributed by atoms with Gasteiger partial charge in [0.2, 0.25) is 11.7 Å². The molecular formula is C18H15N3O3S. The third kappa shape index (κ3) is 3.41. The summed E-state index contributed by atoms with van der Waals surface area (Å²) in [6.07, 6.45) is 3.59. The van der Waals surface area contributed by atoms with Crippen LogP contribution in [0.1, 0.15) is 23.4 Å². The average molecular weight is 353 g/mol. The van der Waals surface area contributed by atoms with Gasteiger partial charge >= 0.3 is 0 Å². The molecule has 0 fully saturated rings. The van der Waals surface area contributed by atoms with E-state index >= 15 is 0 Å². The molecule has 2 aromatic carbocycles. The van der Waals surface area contributed by atoms with Gasteiger partial charge in [0.05, 0.1) is 10.7 Å². The van der Waals surface area contributed by atoms with Crippen molar-refractivity contribution < 1.29 is 9.45 Å². The molecule has 6 nitrogen and oxygen atoms in total. The van der Waals surface area contributed by atoms with Crippen molar-refractivity contribution in [1.29, 1.82) is 0 Å². The van der Waals surface area contributed by atoms with Gasteiger partial charge in [0.15, 0.2) is 0 Å². The van der Waals surface area contributed by atoms with E-state index in [0.717, 1.165) is 6.42 Å². The van der Waals surface area contributed by atoms with Crippen LogP contribution in [0.5, 0.6) is 0 Å². The Kier molecular flexibility index (Phi) is 4.23. The van der Waals surface area contributed by atoms with Crippen LogP contribution >= 0.6 is 11.8 Å². The lowest BCUT2D eigenvalue weighted by Crippen LogP contribution is -1.88. The molecule has 1 aromatic heterocycles. The Morgan fingerprint density at radius 2 is 1.92 bits per heavy atom. The number of benzene rings is 2. The zero-order valence-electron chi connectivity index (χ0n) is 13.3. The number of nitro benzene ring substituents is 1. The first-order valence-corrected chi connectivity index (χ1v) is 8.99.